The Hall–Kier alpha value is -4.57. The minimum Gasteiger partial charge on any atom is -0.453 e. The van der Waals surface area contributed by atoms with E-state index in [4.69, 9.17) is 11.6 Å². The maximum atomic E-state index is 12.4. The fraction of sp³-hybridized carbons (Fsp3) is 0.0833. The van der Waals surface area contributed by atoms with Crippen molar-refractivity contribution in [1.82, 2.24) is 30.5 Å². The van der Waals surface area contributed by atoms with Gasteiger partial charge in [-0.25, -0.2) is 4.79 Å². The van der Waals surface area contributed by atoms with Crippen LogP contribution >= 0.6 is 11.6 Å². The number of anilines is 1. The summed E-state index contributed by atoms with van der Waals surface area (Å²) >= 11 is 6.11. The smallest absolute Gasteiger partial charge is 0.411 e. The number of carbonyl (C=O) groups is 2. The number of benzene rings is 2. The second-order valence-electron chi connectivity index (χ2n) is 7.24. The van der Waals surface area contributed by atoms with E-state index < -0.39 is 6.09 Å². The maximum absolute atomic E-state index is 12.4. The largest absolute Gasteiger partial charge is 0.453 e. The minimum absolute atomic E-state index is 0.244. The van der Waals surface area contributed by atoms with E-state index in [1.165, 1.54) is 24.2 Å². The third kappa shape index (κ3) is 6.27. The molecule has 0 unspecified atom stereocenters. The summed E-state index contributed by atoms with van der Waals surface area (Å²) in [5.41, 5.74) is 4.55. The van der Waals surface area contributed by atoms with Crippen LogP contribution in [0.5, 0.6) is 0 Å². The zero-order chi connectivity index (χ0) is 24.6. The summed E-state index contributed by atoms with van der Waals surface area (Å²) in [4.78, 5) is 28.1. The van der Waals surface area contributed by atoms with Crippen LogP contribution < -0.4 is 10.6 Å². The van der Waals surface area contributed by atoms with E-state index in [1.54, 1.807) is 42.6 Å². The zero-order valence-corrected chi connectivity index (χ0v) is 19.3. The van der Waals surface area contributed by atoms with Crippen LogP contribution in [-0.2, 0) is 16.1 Å². The SMILES string of the molecule is COC(=O)Nc1ccc(-c2ccnc(CNC(=O)/C=C/c3cc(Cl)ccc3-n3cnnn3)c2)cc1. The quantitative estimate of drug-likeness (QED) is 0.377. The molecule has 2 amide bonds. The van der Waals surface area contributed by atoms with Gasteiger partial charge in [0.05, 0.1) is 25.0 Å². The van der Waals surface area contributed by atoms with Crippen LogP contribution in [0, 0.1) is 0 Å². The molecule has 0 fully saturated rings. The fourth-order valence-corrected chi connectivity index (χ4v) is 3.39. The number of carbonyl (C=O) groups excluding carboxylic acids is 2. The molecule has 2 N–H and O–H groups in total. The van der Waals surface area contributed by atoms with Gasteiger partial charge >= 0.3 is 6.09 Å². The van der Waals surface area contributed by atoms with E-state index in [0.717, 1.165) is 11.1 Å². The molecule has 0 bridgehead atoms. The van der Waals surface area contributed by atoms with Gasteiger partial charge in [0.1, 0.15) is 6.33 Å². The van der Waals surface area contributed by atoms with E-state index in [9.17, 15) is 9.59 Å². The molecule has 0 aliphatic carbocycles. The normalized spacial score (nSPS) is 10.8. The molecule has 0 aliphatic heterocycles. The van der Waals surface area contributed by atoms with Gasteiger partial charge in [-0.2, -0.15) is 4.68 Å². The summed E-state index contributed by atoms with van der Waals surface area (Å²) in [5.74, 6) is -0.293. The topological polar surface area (TPSA) is 124 Å². The summed E-state index contributed by atoms with van der Waals surface area (Å²) in [7, 11) is 1.31. The van der Waals surface area contributed by atoms with E-state index in [2.05, 4.69) is 35.9 Å². The lowest BCUT2D eigenvalue weighted by Crippen LogP contribution is -2.20. The number of methoxy groups -OCH3 is 1. The Morgan fingerprint density at radius 2 is 1.91 bits per heavy atom. The first-order valence-electron chi connectivity index (χ1n) is 10.4. The molecule has 35 heavy (non-hydrogen) atoms. The van der Waals surface area contributed by atoms with Crippen molar-refractivity contribution in [1.29, 1.82) is 0 Å². The van der Waals surface area contributed by atoms with Crippen molar-refractivity contribution < 1.29 is 14.3 Å². The van der Waals surface area contributed by atoms with Crippen LogP contribution in [-0.4, -0.2) is 44.3 Å². The average molecular weight is 490 g/mol. The Balaban J connectivity index is 1.40. The van der Waals surface area contributed by atoms with Gasteiger partial charge < -0.3 is 10.1 Å². The van der Waals surface area contributed by atoms with E-state index >= 15 is 0 Å². The monoisotopic (exact) mass is 489 g/mol. The number of hydrogen-bond acceptors (Lipinski definition) is 7. The Kier molecular flexibility index (Phi) is 7.44. The van der Waals surface area contributed by atoms with Gasteiger partial charge in [0.25, 0.3) is 0 Å². The number of nitrogens with one attached hydrogen (secondary N) is 2. The predicted octanol–water partition coefficient (Wildman–Crippen LogP) is 3.89. The summed E-state index contributed by atoms with van der Waals surface area (Å²) in [6.07, 6.45) is 5.67. The van der Waals surface area contributed by atoms with Gasteiger partial charge in [-0.05, 0) is 70.1 Å². The van der Waals surface area contributed by atoms with Crippen molar-refractivity contribution in [3.8, 4) is 16.8 Å². The van der Waals surface area contributed by atoms with E-state index in [-0.39, 0.29) is 12.5 Å². The number of aromatic nitrogens is 5. The molecule has 2 heterocycles. The van der Waals surface area contributed by atoms with Crippen LogP contribution in [0.1, 0.15) is 11.3 Å². The number of pyridine rings is 1. The molecule has 0 spiro atoms. The summed E-state index contributed by atoms with van der Waals surface area (Å²) in [5, 5.41) is 17.1. The molecule has 176 valence electrons. The van der Waals surface area contributed by atoms with Gasteiger partial charge in [0, 0.05) is 28.5 Å². The molecule has 11 heteroatoms. The number of hydrogen-bond donors (Lipinski definition) is 2. The van der Waals surface area contributed by atoms with Crippen molar-refractivity contribution in [3.05, 3.63) is 89.5 Å². The molecule has 4 rings (SSSR count). The molecule has 2 aromatic heterocycles. The second kappa shape index (κ2) is 11.0. The lowest BCUT2D eigenvalue weighted by molar-refractivity contribution is -0.116. The third-order valence-corrected chi connectivity index (χ3v) is 5.15. The Bertz CT molecular complexity index is 1360. The highest BCUT2D eigenvalue weighted by molar-refractivity contribution is 6.30. The van der Waals surface area contributed by atoms with Crippen LogP contribution in [0.15, 0.2) is 73.2 Å². The van der Waals surface area contributed by atoms with Crippen LogP contribution in [0.3, 0.4) is 0 Å². The summed E-state index contributed by atoms with van der Waals surface area (Å²) in [6.45, 7) is 0.244. The van der Waals surface area contributed by atoms with Crippen LogP contribution in [0.2, 0.25) is 5.02 Å². The first kappa shape index (κ1) is 23.6. The summed E-state index contributed by atoms with van der Waals surface area (Å²) in [6, 6.07) is 16.3. The standard InChI is InChI=1S/C24H20ClN7O3/c1-35-24(34)29-20-6-2-16(3-7-20)17-10-11-26-21(13-17)14-27-23(33)9-4-18-12-19(25)5-8-22(18)32-15-28-30-31-32/h2-13,15H,14H2,1H3,(H,27,33)(H,29,34)/b9-4+. The lowest BCUT2D eigenvalue weighted by atomic mass is 10.1. The number of ether oxygens (including phenoxy) is 1. The molecule has 4 aromatic rings. The Morgan fingerprint density at radius 3 is 2.66 bits per heavy atom. The highest BCUT2D eigenvalue weighted by Crippen LogP contribution is 2.22. The molecule has 0 radical (unpaired) electrons. The van der Waals surface area contributed by atoms with Crippen molar-refractivity contribution in [3.63, 3.8) is 0 Å². The molecule has 0 aliphatic rings. The van der Waals surface area contributed by atoms with Crippen molar-refractivity contribution in [2.24, 2.45) is 0 Å². The third-order valence-electron chi connectivity index (χ3n) is 4.91. The van der Waals surface area contributed by atoms with Crippen molar-refractivity contribution in [2.45, 2.75) is 6.54 Å². The molecule has 10 nitrogen and oxygen atoms in total. The molecular weight excluding hydrogens is 470 g/mol. The number of tetrazole rings is 1. The highest BCUT2D eigenvalue weighted by atomic mass is 35.5. The molecule has 0 atom stereocenters. The Labute approximate surface area is 205 Å². The molecule has 2 aromatic carbocycles. The number of rotatable bonds is 7. The maximum Gasteiger partial charge on any atom is 0.411 e. The van der Waals surface area contributed by atoms with Crippen molar-refractivity contribution in [2.75, 3.05) is 12.4 Å². The molecular formula is C24H20ClN7O3. The highest BCUT2D eigenvalue weighted by Gasteiger charge is 2.07. The van der Waals surface area contributed by atoms with Gasteiger partial charge in [0.15, 0.2) is 0 Å². The number of halogens is 1. The van der Waals surface area contributed by atoms with Crippen LogP contribution in [0.4, 0.5) is 10.5 Å². The van der Waals surface area contributed by atoms with Crippen molar-refractivity contribution >= 4 is 35.4 Å². The van der Waals surface area contributed by atoms with E-state index in [0.29, 0.717) is 27.7 Å². The number of amides is 2. The average Bonchev–Trinajstić information content (AvgIpc) is 3.41. The zero-order valence-electron chi connectivity index (χ0n) is 18.6. The number of nitrogens with zero attached hydrogens (tertiary/aromatic N) is 5. The minimum atomic E-state index is -0.532. The molecule has 0 saturated heterocycles. The Morgan fingerprint density at radius 1 is 1.09 bits per heavy atom. The van der Waals surface area contributed by atoms with E-state index in [1.807, 2.05) is 24.3 Å². The first-order valence-corrected chi connectivity index (χ1v) is 10.8. The first-order chi connectivity index (χ1) is 17.0. The van der Waals surface area contributed by atoms with Crippen LogP contribution in [0.25, 0.3) is 22.9 Å². The molecule has 0 saturated carbocycles. The van der Waals surface area contributed by atoms with Gasteiger partial charge in [-0.15, -0.1) is 5.10 Å². The summed E-state index contributed by atoms with van der Waals surface area (Å²) < 4.78 is 6.08. The fourth-order valence-electron chi connectivity index (χ4n) is 3.21. The van der Waals surface area contributed by atoms with Gasteiger partial charge in [-0.3, -0.25) is 15.1 Å². The lowest BCUT2D eigenvalue weighted by Gasteiger charge is -2.08. The predicted molar refractivity (Wildman–Crippen MR) is 131 cm³/mol. The van der Waals surface area contributed by atoms with Gasteiger partial charge in [-0.1, -0.05) is 23.7 Å². The second-order valence-corrected chi connectivity index (χ2v) is 7.67. The van der Waals surface area contributed by atoms with Gasteiger partial charge in [0.2, 0.25) is 5.91 Å².